The van der Waals surface area contributed by atoms with Crippen LogP contribution in [0.15, 0.2) is 0 Å². The smallest absolute Gasteiger partial charge is 0.219 e. The highest BCUT2D eigenvalue weighted by atomic mass is 32.2. The minimum Gasteiger partial charge on any atom is -0.380 e. The molecule has 0 aliphatic carbocycles. The van der Waals surface area contributed by atoms with Crippen molar-refractivity contribution in [3.05, 3.63) is 0 Å². The number of piperidine rings is 1. The van der Waals surface area contributed by atoms with Crippen LogP contribution >= 0.6 is 0 Å². The molecule has 2 fully saturated rings. The molecule has 0 N–H and O–H groups in total. The Morgan fingerprint density at radius 3 is 2.40 bits per heavy atom. The Hall–Kier alpha value is -0.130. The van der Waals surface area contributed by atoms with E-state index in [9.17, 15) is 8.42 Å². The van der Waals surface area contributed by atoms with Crippen LogP contribution in [0.5, 0.6) is 0 Å². The van der Waals surface area contributed by atoms with Crippen LogP contribution in [-0.2, 0) is 14.8 Å². The van der Waals surface area contributed by atoms with Gasteiger partial charge in [0.25, 0.3) is 0 Å². The molecule has 0 aromatic rings. The van der Waals surface area contributed by atoms with E-state index >= 15 is 0 Å². The molecule has 2 rings (SSSR count). The number of nitrogens with zero attached hydrogens (tertiary/aromatic N) is 1. The van der Waals surface area contributed by atoms with Gasteiger partial charge in [0.1, 0.15) is 5.25 Å². The number of hydrogen-bond acceptors (Lipinski definition) is 3. The van der Waals surface area contributed by atoms with Gasteiger partial charge in [-0.05, 0) is 25.2 Å². The van der Waals surface area contributed by atoms with Crippen LogP contribution in [0.1, 0.15) is 26.2 Å². The van der Waals surface area contributed by atoms with Crippen LogP contribution in [-0.4, -0.2) is 44.3 Å². The first kappa shape index (κ1) is 11.4. The SMILES string of the molecule is CC1CCN(S(=O)(=O)C2CCOC2)CC1. The van der Waals surface area contributed by atoms with Crippen molar-refractivity contribution in [1.82, 2.24) is 4.31 Å². The largest absolute Gasteiger partial charge is 0.380 e. The summed E-state index contributed by atoms with van der Waals surface area (Å²) in [5, 5.41) is -0.286. The highest BCUT2D eigenvalue weighted by Crippen LogP contribution is 2.24. The van der Waals surface area contributed by atoms with Crippen molar-refractivity contribution in [2.24, 2.45) is 5.92 Å². The molecule has 2 aliphatic rings. The maximum absolute atomic E-state index is 12.1. The van der Waals surface area contributed by atoms with Gasteiger partial charge in [-0.25, -0.2) is 12.7 Å². The fourth-order valence-corrected chi connectivity index (χ4v) is 4.00. The minimum absolute atomic E-state index is 0.286. The summed E-state index contributed by atoms with van der Waals surface area (Å²) in [5.74, 6) is 0.663. The lowest BCUT2D eigenvalue weighted by atomic mass is 10.0. The third kappa shape index (κ3) is 2.34. The molecule has 0 amide bonds. The van der Waals surface area contributed by atoms with Crippen LogP contribution in [0.4, 0.5) is 0 Å². The van der Waals surface area contributed by atoms with Gasteiger partial charge in [0.05, 0.1) is 6.61 Å². The Bertz CT molecular complexity index is 301. The van der Waals surface area contributed by atoms with Gasteiger partial charge >= 0.3 is 0 Å². The lowest BCUT2D eigenvalue weighted by Gasteiger charge is -2.31. The molecule has 0 radical (unpaired) electrons. The molecule has 15 heavy (non-hydrogen) atoms. The first-order valence-electron chi connectivity index (χ1n) is 5.67. The second-order valence-corrected chi connectivity index (χ2v) is 6.83. The fraction of sp³-hybridized carbons (Fsp3) is 1.00. The van der Waals surface area contributed by atoms with Gasteiger partial charge in [-0.15, -0.1) is 0 Å². The molecular formula is C10H19NO3S. The zero-order valence-corrected chi connectivity index (χ0v) is 10.0. The van der Waals surface area contributed by atoms with Gasteiger partial charge in [-0.3, -0.25) is 0 Å². The molecular weight excluding hydrogens is 214 g/mol. The van der Waals surface area contributed by atoms with Gasteiger partial charge in [0.15, 0.2) is 0 Å². The first-order chi connectivity index (χ1) is 7.10. The van der Waals surface area contributed by atoms with Gasteiger partial charge in [0.2, 0.25) is 10.0 Å². The quantitative estimate of drug-likeness (QED) is 0.710. The van der Waals surface area contributed by atoms with E-state index in [0.29, 0.717) is 38.6 Å². The molecule has 0 aromatic carbocycles. The number of hydrogen-bond donors (Lipinski definition) is 0. The van der Waals surface area contributed by atoms with Gasteiger partial charge in [-0.1, -0.05) is 6.92 Å². The third-order valence-corrected chi connectivity index (χ3v) is 5.71. The second-order valence-electron chi connectivity index (χ2n) is 4.61. The Kier molecular flexibility index (Phi) is 3.33. The van der Waals surface area contributed by atoms with Crippen molar-refractivity contribution in [3.63, 3.8) is 0 Å². The van der Waals surface area contributed by atoms with Gasteiger partial charge in [0, 0.05) is 19.7 Å². The van der Waals surface area contributed by atoms with Crippen molar-refractivity contribution in [3.8, 4) is 0 Å². The second kappa shape index (κ2) is 4.39. The predicted octanol–water partition coefficient (Wildman–Crippen LogP) is 0.837. The molecule has 88 valence electrons. The van der Waals surface area contributed by atoms with E-state index in [2.05, 4.69) is 6.92 Å². The molecule has 4 nitrogen and oxygen atoms in total. The molecule has 0 saturated carbocycles. The molecule has 0 aromatic heterocycles. The van der Waals surface area contributed by atoms with E-state index in [-0.39, 0.29) is 5.25 Å². The monoisotopic (exact) mass is 233 g/mol. The van der Waals surface area contributed by atoms with E-state index in [1.807, 2.05) is 0 Å². The summed E-state index contributed by atoms with van der Waals surface area (Å²) in [6.45, 7) is 4.55. The lowest BCUT2D eigenvalue weighted by molar-refractivity contribution is 0.197. The minimum atomic E-state index is -3.08. The van der Waals surface area contributed by atoms with Gasteiger partial charge in [-0.2, -0.15) is 0 Å². The summed E-state index contributed by atoms with van der Waals surface area (Å²) >= 11 is 0. The Labute approximate surface area is 91.6 Å². The van der Waals surface area contributed by atoms with Crippen molar-refractivity contribution in [2.45, 2.75) is 31.4 Å². The molecule has 0 bridgehead atoms. The number of ether oxygens (including phenoxy) is 1. The molecule has 2 aliphatic heterocycles. The molecule has 5 heteroatoms. The normalized spacial score (nSPS) is 30.9. The molecule has 1 atom stereocenters. The van der Waals surface area contributed by atoms with E-state index in [1.54, 1.807) is 4.31 Å². The fourth-order valence-electron chi connectivity index (χ4n) is 2.20. The Morgan fingerprint density at radius 1 is 1.20 bits per heavy atom. The molecule has 1 unspecified atom stereocenters. The van der Waals surface area contributed by atoms with Crippen molar-refractivity contribution < 1.29 is 13.2 Å². The highest BCUT2D eigenvalue weighted by molar-refractivity contribution is 7.89. The molecule has 2 heterocycles. The standard InChI is InChI=1S/C10H19NO3S/c1-9-2-5-11(6-3-9)15(12,13)10-4-7-14-8-10/h9-10H,2-8H2,1H3. The van der Waals surface area contributed by atoms with E-state index in [4.69, 9.17) is 4.74 Å². The van der Waals surface area contributed by atoms with Gasteiger partial charge < -0.3 is 4.74 Å². The summed E-state index contributed by atoms with van der Waals surface area (Å²) in [6.07, 6.45) is 2.65. The van der Waals surface area contributed by atoms with Crippen molar-refractivity contribution in [1.29, 1.82) is 0 Å². The van der Waals surface area contributed by atoms with Crippen LogP contribution in [0.2, 0.25) is 0 Å². The van der Waals surface area contributed by atoms with E-state index < -0.39 is 10.0 Å². The molecule has 0 spiro atoms. The number of sulfonamides is 1. The van der Waals surface area contributed by atoms with Crippen LogP contribution < -0.4 is 0 Å². The number of rotatable bonds is 2. The highest BCUT2D eigenvalue weighted by Gasteiger charge is 2.36. The predicted molar refractivity (Wildman–Crippen MR) is 58.1 cm³/mol. The van der Waals surface area contributed by atoms with Crippen molar-refractivity contribution in [2.75, 3.05) is 26.3 Å². The zero-order valence-electron chi connectivity index (χ0n) is 9.18. The van der Waals surface area contributed by atoms with Crippen molar-refractivity contribution >= 4 is 10.0 Å². The summed E-state index contributed by atoms with van der Waals surface area (Å²) in [7, 11) is -3.08. The summed E-state index contributed by atoms with van der Waals surface area (Å²) < 4.78 is 31.1. The van der Waals surface area contributed by atoms with Crippen LogP contribution in [0, 0.1) is 5.92 Å². The summed E-state index contributed by atoms with van der Waals surface area (Å²) in [6, 6.07) is 0. The lowest BCUT2D eigenvalue weighted by Crippen LogP contribution is -2.43. The summed E-state index contributed by atoms with van der Waals surface area (Å²) in [4.78, 5) is 0. The maximum atomic E-state index is 12.1. The van der Waals surface area contributed by atoms with E-state index in [1.165, 1.54) is 0 Å². The van der Waals surface area contributed by atoms with Crippen LogP contribution in [0.3, 0.4) is 0 Å². The van der Waals surface area contributed by atoms with E-state index in [0.717, 1.165) is 12.8 Å². The summed E-state index contributed by atoms with van der Waals surface area (Å²) in [5.41, 5.74) is 0. The maximum Gasteiger partial charge on any atom is 0.219 e. The Balaban J connectivity index is 2.02. The third-order valence-electron chi connectivity index (χ3n) is 3.41. The average Bonchev–Trinajstić information content (AvgIpc) is 2.71. The van der Waals surface area contributed by atoms with Crippen LogP contribution in [0.25, 0.3) is 0 Å². The molecule has 2 saturated heterocycles. The first-order valence-corrected chi connectivity index (χ1v) is 7.17. The Morgan fingerprint density at radius 2 is 1.87 bits per heavy atom. The average molecular weight is 233 g/mol. The zero-order chi connectivity index (χ0) is 10.9. The topological polar surface area (TPSA) is 46.6 Å².